The Morgan fingerprint density at radius 1 is 1.08 bits per heavy atom. The Labute approximate surface area is 142 Å². The van der Waals surface area contributed by atoms with Gasteiger partial charge in [-0.15, -0.1) is 0 Å². The van der Waals surface area contributed by atoms with Crippen LogP contribution < -0.4 is 5.32 Å². The first-order valence-electron chi connectivity index (χ1n) is 7.58. The molecule has 128 valence electrons. The molecule has 0 fully saturated rings. The summed E-state index contributed by atoms with van der Waals surface area (Å²) in [7, 11) is -1.78. The Balaban J connectivity index is 2.22. The average Bonchev–Trinajstić information content (AvgIpc) is 2.62. The molecule has 0 bridgehead atoms. The molecule has 5 nitrogen and oxygen atoms in total. The number of amides is 1. The van der Waals surface area contributed by atoms with Crippen molar-refractivity contribution >= 4 is 21.4 Å². The van der Waals surface area contributed by atoms with Crippen molar-refractivity contribution in [1.29, 1.82) is 0 Å². The zero-order valence-electron chi connectivity index (χ0n) is 13.9. The highest BCUT2D eigenvalue weighted by molar-refractivity contribution is 7.91. The molecule has 1 atom stereocenters. The molecule has 6 heteroatoms. The van der Waals surface area contributed by atoms with E-state index < -0.39 is 15.4 Å². The summed E-state index contributed by atoms with van der Waals surface area (Å²) in [4.78, 5) is 12.9. The topological polar surface area (TPSA) is 72.5 Å². The SMILES string of the molecule is CCS(=O)(=O)c1ccc(NC(=O)[C@](C)(OC)c2ccccc2)cc1. The molecule has 0 aliphatic heterocycles. The first kappa shape index (κ1) is 18.2. The molecular weight excluding hydrogens is 326 g/mol. The van der Waals surface area contributed by atoms with Gasteiger partial charge in [-0.05, 0) is 36.8 Å². The second kappa shape index (κ2) is 7.15. The van der Waals surface area contributed by atoms with Gasteiger partial charge >= 0.3 is 0 Å². The van der Waals surface area contributed by atoms with E-state index >= 15 is 0 Å². The smallest absolute Gasteiger partial charge is 0.260 e. The molecule has 0 radical (unpaired) electrons. The van der Waals surface area contributed by atoms with E-state index in [1.54, 1.807) is 26.0 Å². The molecule has 0 saturated carbocycles. The number of ether oxygens (including phenoxy) is 1. The Morgan fingerprint density at radius 3 is 2.17 bits per heavy atom. The van der Waals surface area contributed by atoms with Gasteiger partial charge in [0.25, 0.3) is 5.91 Å². The van der Waals surface area contributed by atoms with Crippen molar-refractivity contribution < 1.29 is 17.9 Å². The van der Waals surface area contributed by atoms with Crippen LogP contribution in [0.15, 0.2) is 59.5 Å². The standard InChI is InChI=1S/C18H21NO4S/c1-4-24(21,22)16-12-10-15(11-13-16)19-17(20)18(2,23-3)14-8-6-5-7-9-14/h5-13H,4H2,1-3H3,(H,19,20)/t18-/m1/s1. The molecule has 0 saturated heterocycles. The fourth-order valence-electron chi connectivity index (χ4n) is 2.26. The van der Waals surface area contributed by atoms with Crippen LogP contribution in [-0.4, -0.2) is 27.2 Å². The number of carbonyl (C=O) groups is 1. The van der Waals surface area contributed by atoms with E-state index in [2.05, 4.69) is 5.32 Å². The number of rotatable bonds is 6. The lowest BCUT2D eigenvalue weighted by Crippen LogP contribution is -2.39. The zero-order valence-corrected chi connectivity index (χ0v) is 14.8. The van der Waals surface area contributed by atoms with Crippen LogP contribution in [0.1, 0.15) is 19.4 Å². The van der Waals surface area contributed by atoms with E-state index in [4.69, 9.17) is 4.74 Å². The molecule has 2 aromatic carbocycles. The lowest BCUT2D eigenvalue weighted by atomic mass is 9.94. The van der Waals surface area contributed by atoms with Gasteiger partial charge in [0.05, 0.1) is 10.6 Å². The van der Waals surface area contributed by atoms with Crippen LogP contribution in [0.3, 0.4) is 0 Å². The van der Waals surface area contributed by atoms with E-state index in [-0.39, 0.29) is 16.6 Å². The van der Waals surface area contributed by atoms with Crippen molar-refractivity contribution in [2.45, 2.75) is 24.3 Å². The highest BCUT2D eigenvalue weighted by Gasteiger charge is 2.35. The maximum Gasteiger partial charge on any atom is 0.260 e. The van der Waals surface area contributed by atoms with Gasteiger partial charge in [-0.25, -0.2) is 8.42 Å². The summed E-state index contributed by atoms with van der Waals surface area (Å²) in [6.07, 6.45) is 0. The molecule has 0 spiro atoms. The predicted octanol–water partition coefficient (Wildman–Crippen LogP) is 2.98. The number of hydrogen-bond donors (Lipinski definition) is 1. The number of sulfone groups is 1. The molecule has 0 heterocycles. The quantitative estimate of drug-likeness (QED) is 0.872. The Bertz CT molecular complexity index is 801. The van der Waals surface area contributed by atoms with Crippen LogP contribution in [0.25, 0.3) is 0 Å². The summed E-state index contributed by atoms with van der Waals surface area (Å²) in [5.41, 5.74) is 0.0968. The fraction of sp³-hybridized carbons (Fsp3) is 0.278. The van der Waals surface area contributed by atoms with Gasteiger partial charge < -0.3 is 10.1 Å². The van der Waals surface area contributed by atoms with Crippen molar-refractivity contribution in [1.82, 2.24) is 0 Å². The number of benzene rings is 2. The minimum atomic E-state index is -3.26. The maximum atomic E-state index is 12.6. The highest BCUT2D eigenvalue weighted by atomic mass is 32.2. The number of methoxy groups -OCH3 is 1. The zero-order chi connectivity index (χ0) is 17.8. The molecule has 2 rings (SSSR count). The third-order valence-electron chi connectivity index (χ3n) is 4.02. The fourth-order valence-corrected chi connectivity index (χ4v) is 3.14. The molecule has 2 aromatic rings. The largest absolute Gasteiger partial charge is 0.364 e. The Kier molecular flexibility index (Phi) is 5.41. The molecule has 1 N–H and O–H groups in total. The summed E-state index contributed by atoms with van der Waals surface area (Å²) >= 11 is 0. The number of anilines is 1. The first-order chi connectivity index (χ1) is 11.3. The van der Waals surface area contributed by atoms with Crippen LogP contribution >= 0.6 is 0 Å². The van der Waals surface area contributed by atoms with Crippen LogP contribution in [0.2, 0.25) is 0 Å². The minimum Gasteiger partial charge on any atom is -0.364 e. The summed E-state index contributed by atoms with van der Waals surface area (Å²) < 4.78 is 29.1. The van der Waals surface area contributed by atoms with Crippen molar-refractivity contribution in [3.63, 3.8) is 0 Å². The molecule has 1 amide bonds. The second-order valence-electron chi connectivity index (χ2n) is 5.49. The summed E-state index contributed by atoms with van der Waals surface area (Å²) in [6.45, 7) is 3.28. The lowest BCUT2D eigenvalue weighted by Gasteiger charge is -2.27. The minimum absolute atomic E-state index is 0.0362. The summed E-state index contributed by atoms with van der Waals surface area (Å²) in [5.74, 6) is -0.295. The van der Waals surface area contributed by atoms with E-state index in [1.807, 2.05) is 30.3 Å². The molecule has 0 aliphatic rings. The van der Waals surface area contributed by atoms with Crippen LogP contribution in [0.4, 0.5) is 5.69 Å². The van der Waals surface area contributed by atoms with Gasteiger partial charge in [-0.3, -0.25) is 4.79 Å². The van der Waals surface area contributed by atoms with E-state index in [9.17, 15) is 13.2 Å². The van der Waals surface area contributed by atoms with Gasteiger partial charge in [0.1, 0.15) is 0 Å². The number of hydrogen-bond acceptors (Lipinski definition) is 4. The lowest BCUT2D eigenvalue weighted by molar-refractivity contribution is -0.136. The van der Waals surface area contributed by atoms with E-state index in [0.29, 0.717) is 5.69 Å². The average molecular weight is 347 g/mol. The molecule has 0 unspecified atom stereocenters. The maximum absolute atomic E-state index is 12.6. The van der Waals surface area contributed by atoms with Crippen molar-refractivity contribution in [2.75, 3.05) is 18.2 Å². The third-order valence-corrected chi connectivity index (χ3v) is 5.77. The van der Waals surface area contributed by atoms with Gasteiger partial charge in [-0.2, -0.15) is 0 Å². The second-order valence-corrected chi connectivity index (χ2v) is 7.76. The van der Waals surface area contributed by atoms with Crippen molar-refractivity contribution in [3.05, 3.63) is 60.2 Å². The van der Waals surface area contributed by atoms with Crippen LogP contribution in [0, 0.1) is 0 Å². The molecule has 0 aromatic heterocycles. The Hall–Kier alpha value is -2.18. The number of nitrogens with one attached hydrogen (secondary N) is 1. The summed E-state index contributed by atoms with van der Waals surface area (Å²) in [5, 5.41) is 2.77. The normalized spacial score (nSPS) is 14.0. The van der Waals surface area contributed by atoms with Gasteiger partial charge in [0.15, 0.2) is 15.4 Å². The predicted molar refractivity (Wildman–Crippen MR) is 93.6 cm³/mol. The third kappa shape index (κ3) is 3.66. The van der Waals surface area contributed by atoms with E-state index in [0.717, 1.165) is 5.56 Å². The van der Waals surface area contributed by atoms with E-state index in [1.165, 1.54) is 19.2 Å². The molecule has 24 heavy (non-hydrogen) atoms. The molecular formula is C18H21NO4S. The van der Waals surface area contributed by atoms with Gasteiger partial charge in [0.2, 0.25) is 0 Å². The van der Waals surface area contributed by atoms with Crippen molar-refractivity contribution in [3.8, 4) is 0 Å². The van der Waals surface area contributed by atoms with Gasteiger partial charge in [-0.1, -0.05) is 37.3 Å². The van der Waals surface area contributed by atoms with Gasteiger partial charge in [0, 0.05) is 12.8 Å². The Morgan fingerprint density at radius 2 is 1.67 bits per heavy atom. The molecule has 0 aliphatic carbocycles. The first-order valence-corrected chi connectivity index (χ1v) is 9.23. The monoisotopic (exact) mass is 347 g/mol. The number of carbonyl (C=O) groups excluding carboxylic acids is 1. The van der Waals surface area contributed by atoms with Crippen LogP contribution in [0.5, 0.6) is 0 Å². The van der Waals surface area contributed by atoms with Crippen LogP contribution in [-0.2, 0) is 25.0 Å². The highest BCUT2D eigenvalue weighted by Crippen LogP contribution is 2.26. The van der Waals surface area contributed by atoms with Crippen molar-refractivity contribution in [2.24, 2.45) is 0 Å². The summed E-state index contributed by atoms with van der Waals surface area (Å²) in [6, 6.07) is 15.3.